The number of benzene rings is 1. The van der Waals surface area contributed by atoms with Crippen LogP contribution in [0.15, 0.2) is 18.2 Å². The molecule has 1 aromatic rings. The zero-order valence-corrected chi connectivity index (χ0v) is 10.3. The Morgan fingerprint density at radius 2 is 2.28 bits per heavy atom. The molecule has 0 atom stereocenters. The normalized spacial score (nSPS) is 14.2. The Kier molecular flexibility index (Phi) is 4.54. The van der Waals surface area contributed by atoms with Gasteiger partial charge in [0.25, 0.3) is 0 Å². The Bertz CT molecular complexity index is 438. The third-order valence-corrected chi connectivity index (χ3v) is 2.86. The number of rotatable bonds is 7. The first-order valence-electron chi connectivity index (χ1n) is 6.31. The predicted molar refractivity (Wildman–Crippen MR) is 66.6 cm³/mol. The Balaban J connectivity index is 1.82. The predicted octanol–water partition coefficient (Wildman–Crippen LogP) is 2.76. The van der Waals surface area contributed by atoms with E-state index in [9.17, 15) is 4.39 Å². The Morgan fingerprint density at radius 3 is 2.94 bits per heavy atom. The van der Waals surface area contributed by atoms with E-state index in [0.717, 1.165) is 5.56 Å². The van der Waals surface area contributed by atoms with Crippen LogP contribution in [-0.2, 0) is 6.54 Å². The molecule has 1 aliphatic rings. The average Bonchev–Trinajstić information content (AvgIpc) is 3.18. The molecule has 1 aliphatic carbocycles. The number of hydrogen-bond donors (Lipinski definition) is 1. The minimum absolute atomic E-state index is 0.267. The quantitative estimate of drug-likeness (QED) is 0.755. The summed E-state index contributed by atoms with van der Waals surface area (Å²) in [6, 6.07) is 7.69. The number of halogens is 1. The van der Waals surface area contributed by atoms with Gasteiger partial charge in [0.1, 0.15) is 0 Å². The lowest BCUT2D eigenvalue weighted by Crippen LogP contribution is -2.15. The minimum Gasteiger partial charge on any atom is -0.490 e. The van der Waals surface area contributed by atoms with E-state index < -0.39 is 0 Å². The molecule has 0 bridgehead atoms. The smallest absolute Gasteiger partial charge is 0.165 e. The first-order chi connectivity index (χ1) is 8.79. The lowest BCUT2D eigenvalue weighted by molar-refractivity contribution is 0.297. The molecule has 1 saturated carbocycles. The van der Waals surface area contributed by atoms with Crippen molar-refractivity contribution in [3.05, 3.63) is 29.6 Å². The van der Waals surface area contributed by atoms with Crippen LogP contribution in [0.25, 0.3) is 0 Å². The molecule has 96 valence electrons. The molecule has 2 rings (SSSR count). The molecule has 0 heterocycles. The van der Waals surface area contributed by atoms with Crippen LogP contribution in [0.3, 0.4) is 0 Å². The Morgan fingerprint density at radius 1 is 1.44 bits per heavy atom. The Labute approximate surface area is 107 Å². The molecule has 0 spiro atoms. The highest BCUT2D eigenvalue weighted by Crippen LogP contribution is 2.21. The number of nitrogens with zero attached hydrogens (tertiary/aromatic N) is 1. The van der Waals surface area contributed by atoms with E-state index in [1.54, 1.807) is 6.07 Å². The van der Waals surface area contributed by atoms with Crippen LogP contribution in [0.5, 0.6) is 5.75 Å². The minimum atomic E-state index is -0.331. The summed E-state index contributed by atoms with van der Waals surface area (Å²) in [7, 11) is 0. The van der Waals surface area contributed by atoms with Crippen molar-refractivity contribution in [3.63, 3.8) is 0 Å². The molecule has 0 aromatic heterocycles. The molecule has 3 nitrogen and oxygen atoms in total. The molecule has 0 aliphatic heterocycles. The van der Waals surface area contributed by atoms with E-state index in [-0.39, 0.29) is 11.6 Å². The number of ether oxygens (including phenoxy) is 1. The molecule has 0 unspecified atom stereocenters. The lowest BCUT2D eigenvalue weighted by Gasteiger charge is -2.08. The van der Waals surface area contributed by atoms with E-state index in [2.05, 4.69) is 5.32 Å². The molecule has 1 aromatic carbocycles. The first kappa shape index (κ1) is 12.8. The van der Waals surface area contributed by atoms with Gasteiger partial charge < -0.3 is 10.1 Å². The van der Waals surface area contributed by atoms with Gasteiger partial charge in [0.15, 0.2) is 11.6 Å². The van der Waals surface area contributed by atoms with Crippen molar-refractivity contribution in [2.75, 3.05) is 6.61 Å². The van der Waals surface area contributed by atoms with Gasteiger partial charge in [-0.2, -0.15) is 5.26 Å². The highest BCUT2D eigenvalue weighted by molar-refractivity contribution is 5.29. The molecule has 0 amide bonds. The summed E-state index contributed by atoms with van der Waals surface area (Å²) in [4.78, 5) is 0. The summed E-state index contributed by atoms with van der Waals surface area (Å²) in [5.41, 5.74) is 0.934. The molecule has 4 heteroatoms. The van der Waals surface area contributed by atoms with E-state index in [1.807, 2.05) is 12.1 Å². The van der Waals surface area contributed by atoms with Crippen LogP contribution >= 0.6 is 0 Å². The van der Waals surface area contributed by atoms with E-state index in [0.29, 0.717) is 32.0 Å². The summed E-state index contributed by atoms with van der Waals surface area (Å²) in [6.07, 6.45) is 3.51. The van der Waals surface area contributed by atoms with Crippen molar-refractivity contribution in [2.24, 2.45) is 0 Å². The van der Waals surface area contributed by atoms with Crippen molar-refractivity contribution in [3.8, 4) is 11.8 Å². The van der Waals surface area contributed by atoms with Gasteiger partial charge in [-0.3, -0.25) is 0 Å². The van der Waals surface area contributed by atoms with E-state index >= 15 is 0 Å². The van der Waals surface area contributed by atoms with Crippen molar-refractivity contribution >= 4 is 0 Å². The summed E-state index contributed by atoms with van der Waals surface area (Å²) in [5, 5.41) is 11.7. The number of nitriles is 1. The zero-order chi connectivity index (χ0) is 12.8. The molecule has 0 saturated heterocycles. The molecule has 0 radical (unpaired) electrons. The Hall–Kier alpha value is -1.60. The second-order valence-corrected chi connectivity index (χ2v) is 4.53. The highest BCUT2D eigenvalue weighted by Gasteiger charge is 2.20. The standard InChI is InChI=1S/C14H17FN2O/c15-13-9-11(10-17-12-4-5-12)3-6-14(13)18-8-2-1-7-16/h3,6,9,12,17H,1-2,4-5,8,10H2. The van der Waals surface area contributed by atoms with Crippen LogP contribution in [-0.4, -0.2) is 12.6 Å². The average molecular weight is 248 g/mol. The van der Waals surface area contributed by atoms with Crippen molar-refractivity contribution in [2.45, 2.75) is 38.3 Å². The monoisotopic (exact) mass is 248 g/mol. The van der Waals surface area contributed by atoms with Crippen LogP contribution < -0.4 is 10.1 Å². The second-order valence-electron chi connectivity index (χ2n) is 4.53. The number of hydrogen-bond acceptors (Lipinski definition) is 3. The zero-order valence-electron chi connectivity index (χ0n) is 10.3. The molecular formula is C14H17FN2O. The van der Waals surface area contributed by atoms with Crippen molar-refractivity contribution in [1.29, 1.82) is 5.26 Å². The van der Waals surface area contributed by atoms with Crippen molar-refractivity contribution in [1.82, 2.24) is 5.32 Å². The molecule has 1 fully saturated rings. The summed E-state index contributed by atoms with van der Waals surface area (Å²) in [6.45, 7) is 1.08. The second kappa shape index (κ2) is 6.36. The summed E-state index contributed by atoms with van der Waals surface area (Å²) < 4.78 is 19.0. The molecular weight excluding hydrogens is 231 g/mol. The van der Waals surface area contributed by atoms with Crippen LogP contribution in [0.4, 0.5) is 4.39 Å². The third-order valence-electron chi connectivity index (χ3n) is 2.86. The van der Waals surface area contributed by atoms with E-state index in [4.69, 9.17) is 10.00 Å². The first-order valence-corrected chi connectivity index (χ1v) is 6.31. The SMILES string of the molecule is N#CCCCOc1ccc(CNC2CC2)cc1F. The van der Waals surface area contributed by atoms with Gasteiger partial charge in [-0.05, 0) is 37.0 Å². The molecule has 18 heavy (non-hydrogen) atoms. The lowest BCUT2D eigenvalue weighted by atomic mass is 10.2. The van der Waals surface area contributed by atoms with Gasteiger partial charge in [0.05, 0.1) is 12.7 Å². The fraction of sp³-hybridized carbons (Fsp3) is 0.500. The van der Waals surface area contributed by atoms with Crippen LogP contribution in [0, 0.1) is 17.1 Å². The molecule has 1 N–H and O–H groups in total. The summed E-state index contributed by atoms with van der Waals surface area (Å²) in [5.74, 6) is -0.0647. The van der Waals surface area contributed by atoms with Gasteiger partial charge >= 0.3 is 0 Å². The maximum atomic E-state index is 13.7. The maximum absolute atomic E-state index is 13.7. The van der Waals surface area contributed by atoms with Gasteiger partial charge in [-0.1, -0.05) is 6.07 Å². The fourth-order valence-electron chi connectivity index (χ4n) is 1.65. The number of nitrogens with one attached hydrogen (secondary N) is 1. The van der Waals surface area contributed by atoms with Gasteiger partial charge in [-0.25, -0.2) is 4.39 Å². The van der Waals surface area contributed by atoms with Gasteiger partial charge in [0, 0.05) is 19.0 Å². The third kappa shape index (κ3) is 4.01. The number of unbranched alkanes of at least 4 members (excludes halogenated alkanes) is 1. The van der Waals surface area contributed by atoms with Gasteiger partial charge in [0.2, 0.25) is 0 Å². The van der Waals surface area contributed by atoms with Crippen molar-refractivity contribution < 1.29 is 9.13 Å². The maximum Gasteiger partial charge on any atom is 0.165 e. The topological polar surface area (TPSA) is 45.0 Å². The van der Waals surface area contributed by atoms with Crippen LogP contribution in [0.1, 0.15) is 31.2 Å². The fourth-order valence-corrected chi connectivity index (χ4v) is 1.65. The van der Waals surface area contributed by atoms with Gasteiger partial charge in [-0.15, -0.1) is 0 Å². The summed E-state index contributed by atoms with van der Waals surface area (Å²) >= 11 is 0. The largest absolute Gasteiger partial charge is 0.490 e. The highest BCUT2D eigenvalue weighted by atomic mass is 19.1. The van der Waals surface area contributed by atoms with E-state index in [1.165, 1.54) is 18.9 Å². The van der Waals surface area contributed by atoms with Crippen LogP contribution in [0.2, 0.25) is 0 Å².